The molecule has 0 spiro atoms. The molecule has 1 aliphatic carbocycles. The van der Waals surface area contributed by atoms with Crippen LogP contribution in [0.1, 0.15) is 6.42 Å². The maximum absolute atomic E-state index is 10.2. The lowest BCUT2D eigenvalue weighted by atomic mass is 9.95. The zero-order valence-electron chi connectivity index (χ0n) is 5.90. The van der Waals surface area contributed by atoms with Crippen molar-refractivity contribution in [3.63, 3.8) is 0 Å². The molecule has 0 aromatic heterocycles. The molecule has 0 saturated heterocycles. The molecule has 0 amide bonds. The van der Waals surface area contributed by atoms with E-state index >= 15 is 0 Å². The van der Waals surface area contributed by atoms with Crippen molar-refractivity contribution >= 4 is 5.97 Å². The third-order valence-corrected chi connectivity index (χ3v) is 1.50. The highest BCUT2D eigenvalue weighted by atomic mass is 16.4. The van der Waals surface area contributed by atoms with Crippen LogP contribution in [0, 0.1) is 12.0 Å². The number of carbonyl (C=O) groups is 1. The van der Waals surface area contributed by atoms with Gasteiger partial charge in [0.15, 0.2) is 0 Å². The minimum atomic E-state index is -0.901. The lowest BCUT2D eigenvalue weighted by Gasteiger charge is -2.15. The maximum Gasteiger partial charge on any atom is 0.304 e. The molecule has 1 unspecified atom stereocenters. The van der Waals surface area contributed by atoms with Crippen LogP contribution in [0.2, 0.25) is 0 Å². The Labute approximate surface area is 64.7 Å². The summed E-state index contributed by atoms with van der Waals surface area (Å²) in [5.41, 5.74) is 0. The molecule has 1 radical (unpaired) electrons. The summed E-state index contributed by atoms with van der Waals surface area (Å²) in [7, 11) is 0. The van der Waals surface area contributed by atoms with E-state index in [2.05, 4.69) is 0 Å². The molecule has 1 aliphatic rings. The van der Waals surface area contributed by atoms with Crippen LogP contribution in [0.5, 0.6) is 0 Å². The standard InChI is InChI=1S/C8H9O3/c9-7-4-2-1-3-6(7)5-8(10)11/h1-4,6,9H,5H2,(H,10,11). The summed E-state index contributed by atoms with van der Waals surface area (Å²) >= 11 is 0. The number of aliphatic carboxylic acids is 1. The number of rotatable bonds is 2. The van der Waals surface area contributed by atoms with Gasteiger partial charge in [0.05, 0.1) is 6.42 Å². The summed E-state index contributed by atoms with van der Waals surface area (Å²) in [6.07, 6.45) is 6.65. The molecule has 0 fully saturated rings. The predicted octanol–water partition coefficient (Wildman–Crippen LogP) is 1.11. The predicted molar refractivity (Wildman–Crippen MR) is 39.2 cm³/mol. The summed E-state index contributed by atoms with van der Waals surface area (Å²) in [4.78, 5) is 10.2. The van der Waals surface area contributed by atoms with Crippen molar-refractivity contribution in [2.75, 3.05) is 0 Å². The van der Waals surface area contributed by atoms with Crippen LogP contribution in [-0.2, 0) is 4.79 Å². The number of carboxylic acid groups (broad SMARTS) is 1. The van der Waals surface area contributed by atoms with Crippen molar-refractivity contribution in [3.8, 4) is 0 Å². The van der Waals surface area contributed by atoms with Crippen molar-refractivity contribution in [1.82, 2.24) is 0 Å². The summed E-state index contributed by atoms with van der Waals surface area (Å²) in [5, 5.41) is 17.5. The molecular weight excluding hydrogens is 144 g/mol. The number of carboxylic acids is 1. The number of hydrogen-bond acceptors (Lipinski definition) is 2. The highest BCUT2D eigenvalue weighted by Crippen LogP contribution is 2.21. The topological polar surface area (TPSA) is 57.5 Å². The van der Waals surface area contributed by atoms with E-state index in [1.807, 2.05) is 0 Å². The SMILES string of the molecule is O=C(O)CC1C=CC=C[C]1O. The highest BCUT2D eigenvalue weighted by Gasteiger charge is 2.19. The zero-order chi connectivity index (χ0) is 8.27. The van der Waals surface area contributed by atoms with Gasteiger partial charge in [0.25, 0.3) is 0 Å². The Kier molecular flexibility index (Phi) is 2.44. The van der Waals surface area contributed by atoms with E-state index < -0.39 is 5.97 Å². The van der Waals surface area contributed by atoms with Crippen LogP contribution in [0.15, 0.2) is 24.3 Å². The zero-order valence-corrected chi connectivity index (χ0v) is 5.90. The Hall–Kier alpha value is -1.09. The molecule has 3 heteroatoms. The number of aliphatic hydroxyl groups excluding tert-OH is 1. The van der Waals surface area contributed by atoms with Gasteiger partial charge in [-0.1, -0.05) is 18.2 Å². The van der Waals surface area contributed by atoms with Gasteiger partial charge < -0.3 is 10.2 Å². The molecule has 59 valence electrons. The lowest BCUT2D eigenvalue weighted by molar-refractivity contribution is -0.137. The Morgan fingerprint density at radius 1 is 1.55 bits per heavy atom. The first-order valence-electron chi connectivity index (χ1n) is 3.32. The summed E-state index contributed by atoms with van der Waals surface area (Å²) in [6, 6.07) is 0. The Balaban J connectivity index is 2.52. The first-order chi connectivity index (χ1) is 5.20. The molecule has 2 N–H and O–H groups in total. The normalized spacial score (nSPS) is 23.9. The molecule has 0 aliphatic heterocycles. The number of aliphatic hydroxyl groups is 1. The third kappa shape index (κ3) is 2.20. The largest absolute Gasteiger partial charge is 0.481 e. The van der Waals surface area contributed by atoms with Gasteiger partial charge in [-0.2, -0.15) is 0 Å². The summed E-state index contributed by atoms with van der Waals surface area (Å²) in [5.74, 6) is -1.25. The minimum absolute atomic E-state index is 0.0489. The molecule has 3 nitrogen and oxygen atoms in total. The molecule has 0 aromatic rings. The highest BCUT2D eigenvalue weighted by molar-refractivity contribution is 5.68. The second-order valence-corrected chi connectivity index (χ2v) is 2.37. The average Bonchev–Trinajstić information content (AvgIpc) is 1.93. The maximum atomic E-state index is 10.2. The van der Waals surface area contributed by atoms with Crippen LogP contribution in [-0.4, -0.2) is 16.2 Å². The van der Waals surface area contributed by atoms with Gasteiger partial charge in [-0.05, 0) is 6.08 Å². The van der Waals surface area contributed by atoms with Gasteiger partial charge in [0.2, 0.25) is 0 Å². The van der Waals surface area contributed by atoms with Gasteiger partial charge in [-0.3, -0.25) is 4.79 Å². The second-order valence-electron chi connectivity index (χ2n) is 2.37. The molecule has 0 heterocycles. The molecular formula is C8H9O3. The molecule has 1 atom stereocenters. The van der Waals surface area contributed by atoms with E-state index in [0.717, 1.165) is 0 Å². The molecule has 0 saturated carbocycles. The van der Waals surface area contributed by atoms with Gasteiger partial charge in [0.1, 0.15) is 6.10 Å². The Morgan fingerprint density at radius 3 is 2.82 bits per heavy atom. The van der Waals surface area contributed by atoms with E-state index in [0.29, 0.717) is 0 Å². The van der Waals surface area contributed by atoms with Crippen molar-refractivity contribution in [2.24, 2.45) is 5.92 Å². The van der Waals surface area contributed by atoms with Crippen LogP contribution in [0.4, 0.5) is 0 Å². The first-order valence-corrected chi connectivity index (χ1v) is 3.32. The molecule has 11 heavy (non-hydrogen) atoms. The van der Waals surface area contributed by atoms with E-state index in [1.54, 1.807) is 18.2 Å². The average molecular weight is 153 g/mol. The Morgan fingerprint density at radius 2 is 2.27 bits per heavy atom. The van der Waals surface area contributed by atoms with Gasteiger partial charge in [-0.25, -0.2) is 0 Å². The molecule has 0 bridgehead atoms. The van der Waals surface area contributed by atoms with E-state index in [1.165, 1.54) is 6.08 Å². The van der Waals surface area contributed by atoms with Crippen molar-refractivity contribution in [2.45, 2.75) is 6.42 Å². The van der Waals surface area contributed by atoms with Gasteiger partial charge in [-0.15, -0.1) is 0 Å². The van der Waals surface area contributed by atoms with Crippen LogP contribution in [0.3, 0.4) is 0 Å². The van der Waals surface area contributed by atoms with E-state index in [9.17, 15) is 4.79 Å². The third-order valence-electron chi connectivity index (χ3n) is 1.50. The van der Waals surface area contributed by atoms with Crippen molar-refractivity contribution in [3.05, 3.63) is 30.4 Å². The smallest absolute Gasteiger partial charge is 0.304 e. The van der Waals surface area contributed by atoms with Crippen molar-refractivity contribution in [1.29, 1.82) is 0 Å². The summed E-state index contributed by atoms with van der Waals surface area (Å²) < 4.78 is 0. The Bertz CT molecular complexity index is 205. The quantitative estimate of drug-likeness (QED) is 0.624. The van der Waals surface area contributed by atoms with Crippen LogP contribution >= 0.6 is 0 Å². The first kappa shape index (κ1) is 8.01. The van der Waals surface area contributed by atoms with Crippen LogP contribution in [0.25, 0.3) is 0 Å². The van der Waals surface area contributed by atoms with Crippen LogP contribution < -0.4 is 0 Å². The van der Waals surface area contributed by atoms with Crippen molar-refractivity contribution < 1.29 is 15.0 Å². The lowest BCUT2D eigenvalue weighted by Crippen LogP contribution is -2.14. The fourth-order valence-corrected chi connectivity index (χ4v) is 0.935. The molecule has 1 rings (SSSR count). The number of hydrogen-bond donors (Lipinski definition) is 2. The number of allylic oxidation sites excluding steroid dienone is 2. The fraction of sp³-hybridized carbons (Fsp3) is 0.250. The summed E-state index contributed by atoms with van der Waals surface area (Å²) in [6.45, 7) is 0. The fourth-order valence-electron chi connectivity index (χ4n) is 0.935. The van der Waals surface area contributed by atoms with E-state index in [4.69, 9.17) is 10.2 Å². The second kappa shape index (κ2) is 3.34. The monoisotopic (exact) mass is 153 g/mol. The van der Waals surface area contributed by atoms with E-state index in [-0.39, 0.29) is 18.4 Å². The molecule has 0 aromatic carbocycles. The minimum Gasteiger partial charge on any atom is -0.481 e. The van der Waals surface area contributed by atoms with Gasteiger partial charge >= 0.3 is 5.97 Å². The van der Waals surface area contributed by atoms with Gasteiger partial charge in [0, 0.05) is 5.92 Å².